The summed E-state index contributed by atoms with van der Waals surface area (Å²) in [6, 6.07) is -12.9. The monoisotopic (exact) mass is 1510 g/mol. The molecule has 12 unspecified atom stereocenters. The van der Waals surface area contributed by atoms with Crippen molar-refractivity contribution in [2.75, 3.05) is 37.4 Å². The molecule has 2 aromatic rings. The standard InChI is InChI=1S/C69H98N10O28/c1-24(2)35-20-38(83)37(23-80)75-63(97)36(74-67(101)48(68(102)103)79-64(98)39(84)22-72-65(99)44(33(11)81)76-66(100)47(78-62(35)96)54(90)55(91)59(70)93)21-71-61(95)27(5)32(10)73-45-46-53(89)42-41(52(45)88)43-57(31(9)51(42)87)107-69(13,58(43)92)105-19-18-40(104-14)28(6)56(106-34(12)82)30(8)50(86)29(7)49(85)25(3)16-15-17-26(4)60(94)77-46/h15-19,24-25,27-30,32-33,35-37,39-40,44,47-50,54-56,73,80-81,84-91H,20-23H2,1-14H3,(H2,70,93)(H,71,95)(H,72,99)(H,74,101)(H,75,97)(H,76,100)(H,77,94)(H,78,96)(H,79,98)(H,102,103)/b16-15+,19-18+,26-17-/t25-,27?,28+,29+,30+,32?,33?,35?,36?,37?,39?,40-,44?,47?,48?,49-,50+,54?,55?,56+,69-/m0/s1. The van der Waals surface area contributed by atoms with Crippen LogP contribution in [0.15, 0.2) is 36.1 Å². The number of ether oxygens (including phenoxy) is 4. The second-order valence-corrected chi connectivity index (χ2v) is 27.5. The van der Waals surface area contributed by atoms with Crippen molar-refractivity contribution < 1.29 is 137 Å². The minimum Gasteiger partial charge on any atom is -0.507 e. The van der Waals surface area contributed by atoms with Gasteiger partial charge in [0.15, 0.2) is 17.6 Å². The number of ketones is 2. The number of anilines is 2. The lowest BCUT2D eigenvalue weighted by Gasteiger charge is -2.38. The first-order valence-corrected chi connectivity index (χ1v) is 34.1. The van der Waals surface area contributed by atoms with Gasteiger partial charge in [-0.2, -0.15) is 0 Å². The molecule has 21 atom stereocenters. The van der Waals surface area contributed by atoms with E-state index in [9.17, 15) is 119 Å². The Labute approximate surface area is 613 Å². The SMILES string of the molecule is CO[C@H]1/C=C/O[C@@]2(C)Oc3c(C)c(O)c4c(O)c(c(NC(C)C(C)C(=O)NCC5NC(=O)C(C(=O)O)NC(=O)C(O)CNC(=O)C(C(C)O)NC(=O)C(C(O)C(O)C(N)=O)NC(=O)C(C(C)C)CC(=O)C(CO)NC5=O)c(O)c4c3C2=O)NC(=O)/C(C)=C\C=C\[C@H](C)[C@H](O)[C@@H](C)[C@@H](O)[C@@H](C)[C@H](OC(C)=O)[C@@H]1C. The third kappa shape index (κ3) is 20.3. The van der Waals surface area contributed by atoms with E-state index in [-0.39, 0.29) is 16.9 Å². The van der Waals surface area contributed by atoms with Crippen LogP contribution in [0.1, 0.15) is 105 Å². The number of phenolic OH excluding ortho intramolecular Hbond substituents is 3. The van der Waals surface area contributed by atoms with E-state index >= 15 is 0 Å². The zero-order valence-electron chi connectivity index (χ0n) is 61.3. The molecular weight excluding hydrogens is 1420 g/mol. The largest absolute Gasteiger partial charge is 0.507 e. The molecule has 0 radical (unpaired) electrons. The van der Waals surface area contributed by atoms with Crippen LogP contribution in [-0.2, 0) is 71.7 Å². The number of carbonyl (C=O) groups is 13. The maximum atomic E-state index is 14.9. The normalized spacial score (nSPS) is 30.5. The maximum Gasteiger partial charge on any atom is 0.336 e. The smallest absolute Gasteiger partial charge is 0.336 e. The number of β-amino-alcohol motifs (C(OH)–C–C–N with tert-alkyl or cyclic N) is 1. The summed E-state index contributed by atoms with van der Waals surface area (Å²) in [5.74, 6) is -30.5. The Bertz CT molecular complexity index is 3840. The lowest BCUT2D eigenvalue weighted by molar-refractivity contribution is -0.160. The van der Waals surface area contributed by atoms with Gasteiger partial charge in [0.05, 0.1) is 60.7 Å². The number of rotatable bonds is 15. The summed E-state index contributed by atoms with van der Waals surface area (Å²) in [5, 5.41) is 142. The zero-order valence-corrected chi connectivity index (χ0v) is 61.3. The molecule has 38 heteroatoms. The van der Waals surface area contributed by atoms with Crippen molar-refractivity contribution in [1.29, 1.82) is 0 Å². The number of hydrogen-bond acceptors (Lipinski definition) is 28. The third-order valence-electron chi connectivity index (χ3n) is 19.3. The molecule has 107 heavy (non-hydrogen) atoms. The lowest BCUT2D eigenvalue weighted by atomic mass is 9.78. The second kappa shape index (κ2) is 37.0. The van der Waals surface area contributed by atoms with Gasteiger partial charge in [-0.15, -0.1) is 0 Å². The molecule has 2 aromatic carbocycles. The van der Waals surface area contributed by atoms with Crippen LogP contribution in [0.25, 0.3) is 10.8 Å². The van der Waals surface area contributed by atoms with Crippen LogP contribution in [-0.4, -0.2) is 251 Å². The first-order chi connectivity index (χ1) is 49.8. The molecule has 5 bridgehead atoms. The predicted octanol–water partition coefficient (Wildman–Crippen LogP) is -3.88. The van der Waals surface area contributed by atoms with E-state index in [1.807, 2.05) is 16.0 Å². The van der Waals surface area contributed by atoms with E-state index in [1.165, 1.54) is 86.8 Å². The summed E-state index contributed by atoms with van der Waals surface area (Å²) < 4.78 is 23.7. The summed E-state index contributed by atoms with van der Waals surface area (Å²) in [4.78, 5) is 178. The molecule has 9 amide bonds. The van der Waals surface area contributed by atoms with Crippen molar-refractivity contribution in [3.8, 4) is 23.0 Å². The van der Waals surface area contributed by atoms with Gasteiger partial charge in [0.2, 0.25) is 41.5 Å². The highest BCUT2D eigenvalue weighted by atomic mass is 16.7. The molecule has 4 heterocycles. The zero-order chi connectivity index (χ0) is 81.0. The van der Waals surface area contributed by atoms with E-state index in [0.29, 0.717) is 0 Å². The average molecular weight is 1520 g/mol. The van der Waals surface area contributed by atoms with Gasteiger partial charge in [0, 0.05) is 86.1 Å². The van der Waals surface area contributed by atoms with Crippen LogP contribution >= 0.6 is 0 Å². The number of fused-ring (bicyclic) bond motifs is 14. The fourth-order valence-corrected chi connectivity index (χ4v) is 12.2. The highest BCUT2D eigenvalue weighted by Crippen LogP contribution is 2.57. The number of primary amides is 1. The number of aliphatic hydroxyl groups excluding tert-OH is 7. The van der Waals surface area contributed by atoms with Crippen molar-refractivity contribution in [3.63, 3.8) is 0 Å². The number of phenols is 3. The number of carboxylic acid groups (broad SMARTS) is 1. The quantitative estimate of drug-likeness (QED) is 0.0351. The van der Waals surface area contributed by atoms with Gasteiger partial charge in [-0.1, -0.05) is 66.7 Å². The number of nitrogens with one attached hydrogen (secondary N) is 9. The Kier molecular flexibility index (Phi) is 30.2. The summed E-state index contributed by atoms with van der Waals surface area (Å²) in [6.07, 6.45) is -8.41. The van der Waals surface area contributed by atoms with Gasteiger partial charge in [-0.05, 0) is 39.7 Å². The van der Waals surface area contributed by atoms with Crippen molar-refractivity contribution >= 4 is 98.8 Å². The van der Waals surface area contributed by atoms with Crippen molar-refractivity contribution in [3.05, 3.63) is 47.3 Å². The predicted molar refractivity (Wildman–Crippen MR) is 373 cm³/mol. The lowest BCUT2D eigenvalue weighted by Crippen LogP contribution is -2.64. The summed E-state index contributed by atoms with van der Waals surface area (Å²) in [7, 11) is 1.33. The van der Waals surface area contributed by atoms with Gasteiger partial charge in [-0.25, -0.2) is 4.79 Å². The van der Waals surface area contributed by atoms with Crippen molar-refractivity contribution in [1.82, 2.24) is 37.2 Å². The molecule has 592 valence electrons. The molecule has 0 aromatic heterocycles. The number of aliphatic hydroxyl groups is 7. The number of esters is 1. The minimum absolute atomic E-state index is 0.0936. The van der Waals surface area contributed by atoms with Crippen LogP contribution in [0, 0.1) is 48.3 Å². The molecule has 38 nitrogen and oxygen atoms in total. The highest BCUT2D eigenvalue weighted by Gasteiger charge is 2.51. The van der Waals surface area contributed by atoms with Gasteiger partial charge in [0.25, 0.3) is 23.5 Å². The van der Waals surface area contributed by atoms with Crippen LogP contribution in [0.4, 0.5) is 11.4 Å². The number of carboxylic acids is 1. The number of Topliss-reactive ketones (excluding diaryl/α,β-unsaturated/α-hetero) is 2. The fraction of sp³-hybridized carbons (Fsp3) is 0.580. The molecule has 0 saturated carbocycles. The number of aliphatic carboxylic acids is 1. The van der Waals surface area contributed by atoms with Crippen LogP contribution < -0.4 is 58.3 Å². The van der Waals surface area contributed by atoms with Crippen molar-refractivity contribution in [2.45, 2.75) is 187 Å². The van der Waals surface area contributed by atoms with Crippen LogP contribution in [0.5, 0.6) is 23.0 Å². The Morgan fingerprint density at radius 3 is 1.93 bits per heavy atom. The van der Waals surface area contributed by atoms with Crippen molar-refractivity contribution in [2.24, 2.45) is 47.2 Å². The number of benzene rings is 2. The number of aromatic hydroxyl groups is 3. The molecule has 22 N–H and O–H groups in total. The molecule has 4 aliphatic heterocycles. The first kappa shape index (κ1) is 87.5. The number of methoxy groups -OCH3 is 1. The topological polar surface area (TPSA) is 616 Å². The Balaban J connectivity index is 1.61. The molecule has 6 rings (SSSR count). The van der Waals surface area contributed by atoms with Gasteiger partial charge in [-0.3, -0.25) is 57.5 Å². The van der Waals surface area contributed by atoms with E-state index in [1.54, 1.807) is 33.0 Å². The molecular formula is C69H98N10O28. The molecule has 4 aliphatic rings. The van der Waals surface area contributed by atoms with Crippen LogP contribution in [0.2, 0.25) is 0 Å². The summed E-state index contributed by atoms with van der Waals surface area (Å²) >= 11 is 0. The van der Waals surface area contributed by atoms with Crippen LogP contribution in [0.3, 0.4) is 0 Å². The van der Waals surface area contributed by atoms with E-state index in [0.717, 1.165) is 13.2 Å². The number of allylic oxidation sites excluding steroid dienone is 2. The number of hydrogen-bond donors (Lipinski definition) is 21. The second-order valence-electron chi connectivity index (χ2n) is 27.5. The first-order valence-electron chi connectivity index (χ1n) is 34.1. The Morgan fingerprint density at radius 1 is 0.748 bits per heavy atom. The molecule has 0 spiro atoms. The highest BCUT2D eigenvalue weighted by molar-refractivity contribution is 6.24. The number of carbonyl (C=O) groups excluding carboxylic acids is 12. The molecule has 1 saturated heterocycles. The third-order valence-corrected chi connectivity index (χ3v) is 19.3. The Morgan fingerprint density at radius 2 is 1.36 bits per heavy atom. The van der Waals surface area contributed by atoms with Gasteiger partial charge in [0.1, 0.15) is 71.1 Å². The average Bonchev–Trinajstić information content (AvgIpc) is 1.59. The number of amides is 9. The number of nitrogens with two attached hydrogens (primary N) is 1. The Hall–Kier alpha value is -10.1. The van der Waals surface area contributed by atoms with E-state index in [4.69, 9.17) is 24.7 Å². The maximum absolute atomic E-state index is 14.9. The van der Waals surface area contributed by atoms with Gasteiger partial charge < -0.3 is 129 Å². The van der Waals surface area contributed by atoms with E-state index in [2.05, 4.69) is 26.6 Å². The molecule has 0 aliphatic carbocycles. The molecule has 1 fully saturated rings. The summed E-state index contributed by atoms with van der Waals surface area (Å²) in [6.45, 7) is 14.3. The minimum atomic E-state index is -2.74. The summed E-state index contributed by atoms with van der Waals surface area (Å²) in [5.41, 5.74) is 3.12. The van der Waals surface area contributed by atoms with E-state index < -0.39 is 280 Å². The van der Waals surface area contributed by atoms with Gasteiger partial charge >= 0.3 is 17.7 Å². The fourth-order valence-electron chi connectivity index (χ4n) is 12.2.